The number of nitrogens with zero attached hydrogens (tertiary/aromatic N) is 2. The van der Waals surface area contributed by atoms with E-state index in [1.807, 2.05) is 32.1 Å². The van der Waals surface area contributed by atoms with Gasteiger partial charge in [-0.1, -0.05) is 55.5 Å². The molecule has 2 aliphatic carbocycles. The topological polar surface area (TPSA) is 232 Å². The van der Waals surface area contributed by atoms with Gasteiger partial charge in [0.05, 0.1) is 11.6 Å². The Morgan fingerprint density at radius 3 is 2.54 bits per heavy atom. The fourth-order valence-corrected chi connectivity index (χ4v) is 7.62. The van der Waals surface area contributed by atoms with E-state index >= 15 is 0 Å². The number of likely N-dealkylation sites (tertiary alicyclic amines) is 1. The van der Waals surface area contributed by atoms with Crippen LogP contribution in [0, 0.1) is 5.92 Å². The second-order valence-electron chi connectivity index (χ2n) is 14.9. The van der Waals surface area contributed by atoms with Crippen LogP contribution in [0.2, 0.25) is 0 Å². The molecule has 1 aromatic heterocycles. The van der Waals surface area contributed by atoms with Crippen molar-refractivity contribution in [2.75, 3.05) is 32.7 Å². The summed E-state index contributed by atoms with van der Waals surface area (Å²) in [4.78, 5) is 76.9. The Balaban J connectivity index is 0.943. The van der Waals surface area contributed by atoms with E-state index in [2.05, 4.69) is 31.7 Å². The van der Waals surface area contributed by atoms with Crippen LogP contribution in [0.15, 0.2) is 64.3 Å². The summed E-state index contributed by atoms with van der Waals surface area (Å²) in [5.41, 5.74) is 3.12. The number of aromatic hydroxyl groups is 2. The number of nitrogens with one attached hydrogen (secondary N) is 5. The zero-order valence-electron chi connectivity index (χ0n) is 32.2. The largest absolute Gasteiger partial charge is 0.508 e. The van der Waals surface area contributed by atoms with E-state index < -0.39 is 23.9 Å². The minimum Gasteiger partial charge on any atom is -0.508 e. The monoisotopic (exact) mass is 783 g/mol. The number of hydrogen-bond donors (Lipinski definition) is 7. The van der Waals surface area contributed by atoms with Crippen LogP contribution in [-0.2, 0) is 24.0 Å². The maximum Gasteiger partial charge on any atom is 0.273 e. The third kappa shape index (κ3) is 9.17. The number of fused-ring (bicyclic) bond motifs is 1. The summed E-state index contributed by atoms with van der Waals surface area (Å²) in [5, 5.41) is 39.4. The minimum absolute atomic E-state index is 0.0178. The molecule has 7 N–H and O–H groups in total. The lowest BCUT2D eigenvalue weighted by atomic mass is 9.86. The molecule has 1 aromatic carbocycles. The van der Waals surface area contributed by atoms with Crippen LogP contribution >= 0.6 is 0 Å². The Morgan fingerprint density at radius 1 is 1.04 bits per heavy atom. The SMILES string of the molecule is CCNC(=O)c1noc(-c2cc(C(C)C)c(O)cc2O)c1C1C=CC(CNCCNC(=O)CCC(=O)NC2C=CC=C3C(=O)N(C4CCC(=O)NC4=O)CC32)=CC1. The average Bonchev–Trinajstić information content (AvgIpc) is 3.76. The number of aromatic nitrogens is 1. The summed E-state index contributed by atoms with van der Waals surface area (Å²) in [6, 6.07) is 1.72. The summed E-state index contributed by atoms with van der Waals surface area (Å²) in [5.74, 6) is -2.77. The first-order chi connectivity index (χ1) is 27.4. The Hall–Kier alpha value is -6.03. The number of imide groups is 1. The molecule has 6 amide bonds. The molecule has 57 heavy (non-hydrogen) atoms. The quantitative estimate of drug-likeness (QED) is 0.102. The van der Waals surface area contributed by atoms with Gasteiger partial charge in [0.2, 0.25) is 23.6 Å². The number of phenols is 2. The summed E-state index contributed by atoms with van der Waals surface area (Å²) in [6.07, 6.45) is 12.0. The second kappa shape index (κ2) is 17.8. The lowest BCUT2D eigenvalue weighted by Gasteiger charge is -2.30. The molecule has 3 heterocycles. The lowest BCUT2D eigenvalue weighted by Crippen LogP contribution is -2.53. The molecule has 4 unspecified atom stereocenters. The van der Waals surface area contributed by atoms with Crippen molar-refractivity contribution in [2.24, 2.45) is 5.92 Å². The standard InChI is InChI=1S/C41H49N7O9/c1-4-43-40(55)37-36(38(57-47-37)27-18-26(22(2)3)31(49)19-32(27)50)24-10-8-23(9-11-24)20-42-16-17-44-33(51)14-15-34(52)45-29-7-5-6-25-28(29)21-48(41(25)56)30-12-13-35(53)46-39(30)54/h5-10,18-19,22,24,28-30,42,49-50H,4,11-17,20-21H2,1-3H3,(H,43,55)(H,44,51)(H,45,52)(H,46,53,54). The Kier molecular flexibility index (Phi) is 12.7. The van der Waals surface area contributed by atoms with Gasteiger partial charge >= 0.3 is 0 Å². The van der Waals surface area contributed by atoms with Crippen LogP contribution in [0.5, 0.6) is 11.5 Å². The van der Waals surface area contributed by atoms with Crippen molar-refractivity contribution < 1.29 is 43.5 Å². The van der Waals surface area contributed by atoms with Crippen LogP contribution in [0.25, 0.3) is 11.3 Å². The van der Waals surface area contributed by atoms with Crippen LogP contribution in [0.1, 0.15) is 86.3 Å². The molecule has 302 valence electrons. The van der Waals surface area contributed by atoms with Crippen molar-refractivity contribution in [3.8, 4) is 22.8 Å². The number of carbonyl (C=O) groups is 6. The first kappa shape index (κ1) is 40.6. The van der Waals surface area contributed by atoms with Crippen molar-refractivity contribution in [1.29, 1.82) is 0 Å². The first-order valence-corrected chi connectivity index (χ1v) is 19.4. The van der Waals surface area contributed by atoms with E-state index in [-0.39, 0.29) is 96.6 Å². The van der Waals surface area contributed by atoms with Crippen LogP contribution in [0.3, 0.4) is 0 Å². The predicted octanol–water partition coefficient (Wildman–Crippen LogP) is 2.33. The molecule has 0 spiro atoms. The van der Waals surface area contributed by atoms with E-state index in [1.54, 1.807) is 31.2 Å². The van der Waals surface area contributed by atoms with Gasteiger partial charge in [-0.15, -0.1) is 0 Å². The van der Waals surface area contributed by atoms with E-state index in [9.17, 15) is 39.0 Å². The summed E-state index contributed by atoms with van der Waals surface area (Å²) in [7, 11) is 0. The van der Waals surface area contributed by atoms with Gasteiger partial charge in [0.25, 0.3) is 11.8 Å². The molecule has 4 aliphatic rings. The van der Waals surface area contributed by atoms with Crippen LogP contribution in [-0.4, -0.2) is 101 Å². The molecule has 0 bridgehead atoms. The number of benzene rings is 1. The molecule has 0 saturated carbocycles. The highest BCUT2D eigenvalue weighted by molar-refractivity contribution is 6.05. The third-order valence-electron chi connectivity index (χ3n) is 10.6. The van der Waals surface area contributed by atoms with Crippen molar-refractivity contribution in [3.63, 3.8) is 0 Å². The van der Waals surface area contributed by atoms with Gasteiger partial charge in [0.1, 0.15) is 17.5 Å². The molecule has 0 radical (unpaired) electrons. The first-order valence-electron chi connectivity index (χ1n) is 19.4. The number of piperidine rings is 1. The summed E-state index contributed by atoms with van der Waals surface area (Å²) in [6.45, 7) is 7.62. The molecule has 2 aromatic rings. The smallest absolute Gasteiger partial charge is 0.273 e. The molecule has 4 atom stereocenters. The van der Waals surface area contributed by atoms with E-state index in [0.717, 1.165) is 5.57 Å². The van der Waals surface area contributed by atoms with Crippen molar-refractivity contribution in [2.45, 2.75) is 76.8 Å². The summed E-state index contributed by atoms with van der Waals surface area (Å²) >= 11 is 0. The molecule has 16 nitrogen and oxygen atoms in total. The second-order valence-corrected chi connectivity index (χ2v) is 14.9. The third-order valence-corrected chi connectivity index (χ3v) is 10.6. The normalized spacial score (nSPS) is 21.5. The molecular formula is C41H49N7O9. The van der Waals surface area contributed by atoms with E-state index in [0.29, 0.717) is 54.9 Å². The molecule has 2 fully saturated rings. The highest BCUT2D eigenvalue weighted by Gasteiger charge is 2.46. The number of carbonyl (C=O) groups excluding carboxylic acids is 6. The van der Waals surface area contributed by atoms with Gasteiger partial charge in [-0.05, 0) is 42.9 Å². The minimum atomic E-state index is -0.734. The highest BCUT2D eigenvalue weighted by atomic mass is 16.5. The number of amides is 6. The van der Waals surface area contributed by atoms with Crippen molar-refractivity contribution in [3.05, 3.63) is 76.6 Å². The van der Waals surface area contributed by atoms with E-state index in [4.69, 9.17) is 4.52 Å². The van der Waals surface area contributed by atoms with Crippen LogP contribution < -0.4 is 26.6 Å². The van der Waals surface area contributed by atoms with Crippen LogP contribution in [0.4, 0.5) is 0 Å². The zero-order valence-corrected chi connectivity index (χ0v) is 32.2. The molecule has 6 rings (SSSR count). The van der Waals surface area contributed by atoms with Gasteiger partial charge < -0.3 is 40.9 Å². The van der Waals surface area contributed by atoms with Crippen molar-refractivity contribution >= 4 is 35.4 Å². The number of hydrogen-bond acceptors (Lipinski definition) is 11. The summed E-state index contributed by atoms with van der Waals surface area (Å²) < 4.78 is 5.69. The van der Waals surface area contributed by atoms with Gasteiger partial charge in [-0.3, -0.25) is 34.1 Å². The van der Waals surface area contributed by atoms with Gasteiger partial charge in [-0.2, -0.15) is 0 Å². The average molecular weight is 784 g/mol. The van der Waals surface area contributed by atoms with Gasteiger partial charge in [-0.25, -0.2) is 0 Å². The number of phenolic OH excluding ortho intramolecular Hbond substituents is 2. The fraction of sp³-hybridized carbons (Fsp3) is 0.439. The molecule has 16 heteroatoms. The zero-order chi connectivity index (χ0) is 40.8. The van der Waals surface area contributed by atoms with Crippen molar-refractivity contribution in [1.82, 2.24) is 36.6 Å². The fourth-order valence-electron chi connectivity index (χ4n) is 7.62. The Labute approximate surface area is 329 Å². The lowest BCUT2D eigenvalue weighted by molar-refractivity contribution is -0.142. The number of allylic oxidation sites excluding steroid dienone is 4. The van der Waals surface area contributed by atoms with Gasteiger partial charge in [0, 0.05) is 81.0 Å². The maximum absolute atomic E-state index is 13.1. The Morgan fingerprint density at radius 2 is 1.82 bits per heavy atom. The predicted molar refractivity (Wildman–Crippen MR) is 208 cm³/mol. The Bertz CT molecular complexity index is 2060. The molecule has 2 saturated heterocycles. The van der Waals surface area contributed by atoms with E-state index in [1.165, 1.54) is 11.0 Å². The molecular weight excluding hydrogens is 734 g/mol. The van der Waals surface area contributed by atoms with Gasteiger partial charge in [0.15, 0.2) is 11.5 Å². The molecule has 2 aliphatic heterocycles. The highest BCUT2D eigenvalue weighted by Crippen LogP contribution is 2.43. The maximum atomic E-state index is 13.1. The number of rotatable bonds is 15.